The van der Waals surface area contributed by atoms with Gasteiger partial charge in [-0.25, -0.2) is 4.79 Å². The van der Waals surface area contributed by atoms with E-state index in [0.29, 0.717) is 19.7 Å². The SMILES string of the molecule is CCCCNC(=O)NC(CCN)COC. The number of carbonyl (C=O) groups is 1. The van der Waals surface area contributed by atoms with E-state index in [2.05, 4.69) is 17.6 Å². The Morgan fingerprint density at radius 2 is 2.27 bits per heavy atom. The van der Waals surface area contributed by atoms with Crippen LogP contribution in [0.1, 0.15) is 26.2 Å². The molecule has 15 heavy (non-hydrogen) atoms. The molecule has 0 fully saturated rings. The van der Waals surface area contributed by atoms with Crippen LogP contribution in [0.25, 0.3) is 0 Å². The molecule has 5 nitrogen and oxygen atoms in total. The zero-order chi connectivity index (χ0) is 11.5. The Labute approximate surface area is 91.7 Å². The number of urea groups is 1. The van der Waals surface area contributed by atoms with Crippen molar-refractivity contribution in [2.75, 3.05) is 26.8 Å². The second kappa shape index (κ2) is 9.73. The summed E-state index contributed by atoms with van der Waals surface area (Å²) >= 11 is 0. The molecule has 0 aromatic heterocycles. The summed E-state index contributed by atoms with van der Waals surface area (Å²) in [4.78, 5) is 11.4. The summed E-state index contributed by atoms with van der Waals surface area (Å²) in [7, 11) is 1.61. The third-order valence-corrected chi connectivity index (χ3v) is 2.03. The topological polar surface area (TPSA) is 76.4 Å². The summed E-state index contributed by atoms with van der Waals surface area (Å²) in [5.74, 6) is 0. The van der Waals surface area contributed by atoms with Crippen molar-refractivity contribution in [1.29, 1.82) is 0 Å². The van der Waals surface area contributed by atoms with Crippen molar-refractivity contribution in [3.8, 4) is 0 Å². The van der Waals surface area contributed by atoms with E-state index in [1.807, 2.05) is 0 Å². The number of unbranched alkanes of at least 4 members (excludes halogenated alkanes) is 1. The largest absolute Gasteiger partial charge is 0.383 e. The Bertz CT molecular complexity index is 159. The van der Waals surface area contributed by atoms with Crippen molar-refractivity contribution in [2.24, 2.45) is 5.73 Å². The molecule has 0 aliphatic heterocycles. The lowest BCUT2D eigenvalue weighted by molar-refractivity contribution is 0.162. The van der Waals surface area contributed by atoms with Gasteiger partial charge in [-0.3, -0.25) is 0 Å². The molecule has 1 unspecified atom stereocenters. The number of amides is 2. The number of nitrogens with one attached hydrogen (secondary N) is 2. The number of nitrogens with two attached hydrogens (primary N) is 1. The summed E-state index contributed by atoms with van der Waals surface area (Å²) < 4.78 is 4.98. The Kier molecular flexibility index (Phi) is 9.21. The van der Waals surface area contributed by atoms with Gasteiger partial charge in [-0.2, -0.15) is 0 Å². The Morgan fingerprint density at radius 3 is 2.80 bits per heavy atom. The molecule has 0 bridgehead atoms. The standard InChI is InChI=1S/C10H23N3O2/c1-3-4-7-12-10(14)13-9(5-6-11)8-15-2/h9H,3-8,11H2,1-2H3,(H2,12,13,14). The predicted molar refractivity (Wildman–Crippen MR) is 60.8 cm³/mol. The van der Waals surface area contributed by atoms with Crippen molar-refractivity contribution < 1.29 is 9.53 Å². The minimum atomic E-state index is -0.140. The average Bonchev–Trinajstić information content (AvgIpc) is 2.19. The van der Waals surface area contributed by atoms with Crippen molar-refractivity contribution >= 4 is 6.03 Å². The molecular formula is C10H23N3O2. The maximum atomic E-state index is 11.4. The Hall–Kier alpha value is -0.810. The molecule has 1 atom stereocenters. The van der Waals surface area contributed by atoms with Gasteiger partial charge in [0.25, 0.3) is 0 Å². The molecule has 0 aromatic carbocycles. The van der Waals surface area contributed by atoms with Gasteiger partial charge in [0.1, 0.15) is 0 Å². The summed E-state index contributed by atoms with van der Waals surface area (Å²) in [6.45, 7) is 3.84. The Morgan fingerprint density at radius 1 is 1.53 bits per heavy atom. The van der Waals surface area contributed by atoms with E-state index in [-0.39, 0.29) is 12.1 Å². The van der Waals surface area contributed by atoms with Gasteiger partial charge in [-0.1, -0.05) is 13.3 Å². The number of hydrogen-bond donors (Lipinski definition) is 3. The smallest absolute Gasteiger partial charge is 0.315 e. The monoisotopic (exact) mass is 217 g/mol. The van der Waals surface area contributed by atoms with Gasteiger partial charge in [0.2, 0.25) is 0 Å². The molecule has 0 saturated heterocycles. The molecule has 0 spiro atoms. The van der Waals surface area contributed by atoms with Crippen LogP contribution in [-0.4, -0.2) is 38.9 Å². The number of ether oxygens (including phenoxy) is 1. The average molecular weight is 217 g/mol. The highest BCUT2D eigenvalue weighted by molar-refractivity contribution is 5.74. The molecule has 0 aliphatic rings. The highest BCUT2D eigenvalue weighted by atomic mass is 16.5. The third kappa shape index (κ3) is 8.20. The van der Waals surface area contributed by atoms with Crippen molar-refractivity contribution in [3.63, 3.8) is 0 Å². The molecule has 0 aliphatic carbocycles. The van der Waals surface area contributed by atoms with Crippen LogP contribution in [0.4, 0.5) is 4.79 Å². The van der Waals surface area contributed by atoms with E-state index in [0.717, 1.165) is 19.3 Å². The quantitative estimate of drug-likeness (QED) is 0.517. The fraction of sp³-hybridized carbons (Fsp3) is 0.900. The first-order valence-electron chi connectivity index (χ1n) is 5.48. The van der Waals surface area contributed by atoms with Crippen LogP contribution in [0.3, 0.4) is 0 Å². The van der Waals surface area contributed by atoms with Crippen LogP contribution in [-0.2, 0) is 4.74 Å². The summed E-state index contributed by atoms with van der Waals surface area (Å²) in [6, 6.07) is -0.138. The Balaban J connectivity index is 3.67. The van der Waals surface area contributed by atoms with E-state index in [9.17, 15) is 4.79 Å². The van der Waals surface area contributed by atoms with E-state index in [1.165, 1.54) is 0 Å². The summed E-state index contributed by atoms with van der Waals surface area (Å²) in [6.07, 6.45) is 2.80. The predicted octanol–water partition coefficient (Wildman–Crippen LogP) is 0.450. The molecule has 0 aromatic rings. The highest BCUT2D eigenvalue weighted by Gasteiger charge is 2.10. The second-order valence-corrected chi connectivity index (χ2v) is 3.48. The van der Waals surface area contributed by atoms with Gasteiger partial charge in [0.05, 0.1) is 12.6 Å². The van der Waals surface area contributed by atoms with E-state index < -0.39 is 0 Å². The van der Waals surface area contributed by atoms with Gasteiger partial charge < -0.3 is 21.1 Å². The van der Waals surface area contributed by atoms with E-state index >= 15 is 0 Å². The lowest BCUT2D eigenvalue weighted by Crippen LogP contribution is -2.45. The van der Waals surface area contributed by atoms with Gasteiger partial charge in [0, 0.05) is 13.7 Å². The second-order valence-electron chi connectivity index (χ2n) is 3.48. The van der Waals surface area contributed by atoms with Gasteiger partial charge >= 0.3 is 6.03 Å². The normalized spacial score (nSPS) is 12.2. The van der Waals surface area contributed by atoms with Crippen LogP contribution >= 0.6 is 0 Å². The lowest BCUT2D eigenvalue weighted by Gasteiger charge is -2.17. The summed E-state index contributed by atoms with van der Waals surface area (Å²) in [5.41, 5.74) is 5.43. The van der Waals surface area contributed by atoms with Crippen LogP contribution in [0.5, 0.6) is 0 Å². The fourth-order valence-corrected chi connectivity index (χ4v) is 1.21. The van der Waals surface area contributed by atoms with Crippen molar-refractivity contribution in [1.82, 2.24) is 10.6 Å². The number of hydrogen-bond acceptors (Lipinski definition) is 3. The first-order chi connectivity index (χ1) is 7.24. The van der Waals surface area contributed by atoms with E-state index in [4.69, 9.17) is 10.5 Å². The molecule has 90 valence electrons. The third-order valence-electron chi connectivity index (χ3n) is 2.03. The van der Waals surface area contributed by atoms with Crippen LogP contribution < -0.4 is 16.4 Å². The van der Waals surface area contributed by atoms with Gasteiger partial charge in [0.15, 0.2) is 0 Å². The van der Waals surface area contributed by atoms with Crippen molar-refractivity contribution in [3.05, 3.63) is 0 Å². The highest BCUT2D eigenvalue weighted by Crippen LogP contribution is 1.91. The molecule has 0 rings (SSSR count). The summed E-state index contributed by atoms with van der Waals surface area (Å²) in [5, 5.41) is 5.61. The minimum absolute atomic E-state index is 0.00151. The fourth-order valence-electron chi connectivity index (χ4n) is 1.21. The van der Waals surface area contributed by atoms with Gasteiger partial charge in [-0.15, -0.1) is 0 Å². The minimum Gasteiger partial charge on any atom is -0.383 e. The zero-order valence-electron chi connectivity index (χ0n) is 9.71. The first-order valence-corrected chi connectivity index (χ1v) is 5.48. The molecule has 0 saturated carbocycles. The van der Waals surface area contributed by atoms with Crippen LogP contribution in [0.2, 0.25) is 0 Å². The number of methoxy groups -OCH3 is 1. The maximum Gasteiger partial charge on any atom is 0.315 e. The molecule has 4 N–H and O–H groups in total. The number of rotatable bonds is 8. The molecular weight excluding hydrogens is 194 g/mol. The first kappa shape index (κ1) is 14.2. The van der Waals surface area contributed by atoms with Crippen LogP contribution in [0, 0.1) is 0 Å². The maximum absolute atomic E-state index is 11.4. The molecule has 2 amide bonds. The van der Waals surface area contributed by atoms with Gasteiger partial charge in [-0.05, 0) is 19.4 Å². The van der Waals surface area contributed by atoms with E-state index in [1.54, 1.807) is 7.11 Å². The zero-order valence-corrected chi connectivity index (χ0v) is 9.71. The lowest BCUT2D eigenvalue weighted by atomic mass is 10.2. The molecule has 0 radical (unpaired) electrons. The molecule has 0 heterocycles. The molecule has 5 heteroatoms. The van der Waals surface area contributed by atoms with Crippen LogP contribution in [0.15, 0.2) is 0 Å². The van der Waals surface area contributed by atoms with Crippen molar-refractivity contribution in [2.45, 2.75) is 32.2 Å². The number of carbonyl (C=O) groups excluding carboxylic acids is 1.